The molecule has 2 aromatic heterocycles. The third-order valence-corrected chi connectivity index (χ3v) is 3.33. The van der Waals surface area contributed by atoms with Crippen LogP contribution in [0, 0.1) is 13.8 Å². The predicted molar refractivity (Wildman–Crippen MR) is 90.2 cm³/mol. The number of anilines is 1. The molecule has 0 saturated heterocycles. The second kappa shape index (κ2) is 8.82. The molecule has 0 radical (unpaired) electrons. The van der Waals surface area contributed by atoms with Gasteiger partial charge in [0.15, 0.2) is 0 Å². The van der Waals surface area contributed by atoms with Crippen molar-refractivity contribution in [3.8, 4) is 0 Å². The molecule has 0 saturated carbocycles. The van der Waals surface area contributed by atoms with Gasteiger partial charge in [0.2, 0.25) is 11.9 Å². The highest BCUT2D eigenvalue weighted by Crippen LogP contribution is 2.04. The van der Waals surface area contributed by atoms with Gasteiger partial charge in [-0.2, -0.15) is 0 Å². The van der Waals surface area contributed by atoms with E-state index in [2.05, 4.69) is 25.6 Å². The minimum Gasteiger partial charge on any atom is -0.356 e. The Balaban J connectivity index is 1.59. The number of hydrogen-bond acceptors (Lipinski definition) is 5. The van der Waals surface area contributed by atoms with E-state index in [1.54, 1.807) is 12.4 Å². The topological polar surface area (TPSA) is 79.8 Å². The van der Waals surface area contributed by atoms with Crippen molar-refractivity contribution in [1.29, 1.82) is 0 Å². The van der Waals surface area contributed by atoms with E-state index in [0.29, 0.717) is 25.5 Å². The number of nitrogens with zero attached hydrogens (tertiary/aromatic N) is 3. The lowest BCUT2D eigenvalue weighted by atomic mass is 10.2. The van der Waals surface area contributed by atoms with Gasteiger partial charge >= 0.3 is 0 Å². The second-order valence-corrected chi connectivity index (χ2v) is 5.46. The number of amides is 1. The number of rotatable bonds is 8. The molecule has 0 bridgehead atoms. The molecule has 2 aromatic rings. The summed E-state index contributed by atoms with van der Waals surface area (Å²) in [6.07, 6.45) is 5.59. The van der Waals surface area contributed by atoms with E-state index in [0.717, 1.165) is 24.2 Å². The maximum atomic E-state index is 11.8. The van der Waals surface area contributed by atoms with Gasteiger partial charge in [0, 0.05) is 43.3 Å². The van der Waals surface area contributed by atoms with Crippen molar-refractivity contribution in [3.63, 3.8) is 0 Å². The first kappa shape index (κ1) is 16.9. The lowest BCUT2D eigenvalue weighted by Gasteiger charge is -2.07. The monoisotopic (exact) mass is 313 g/mol. The van der Waals surface area contributed by atoms with Gasteiger partial charge < -0.3 is 10.6 Å². The average Bonchev–Trinajstić information content (AvgIpc) is 2.52. The number of aryl methyl sites for hydroxylation is 2. The van der Waals surface area contributed by atoms with Gasteiger partial charge in [-0.05, 0) is 50.5 Å². The van der Waals surface area contributed by atoms with Gasteiger partial charge in [-0.1, -0.05) is 0 Å². The summed E-state index contributed by atoms with van der Waals surface area (Å²) < 4.78 is 0. The Morgan fingerprint density at radius 3 is 2.48 bits per heavy atom. The van der Waals surface area contributed by atoms with Crippen LogP contribution in [0.15, 0.2) is 30.6 Å². The zero-order valence-corrected chi connectivity index (χ0v) is 13.7. The van der Waals surface area contributed by atoms with E-state index in [-0.39, 0.29) is 5.91 Å². The molecule has 23 heavy (non-hydrogen) atoms. The maximum absolute atomic E-state index is 11.8. The van der Waals surface area contributed by atoms with E-state index in [1.165, 1.54) is 5.56 Å². The van der Waals surface area contributed by atoms with Crippen LogP contribution in [0.3, 0.4) is 0 Å². The maximum Gasteiger partial charge on any atom is 0.223 e. The molecule has 0 aromatic carbocycles. The lowest BCUT2D eigenvalue weighted by Crippen LogP contribution is -2.26. The molecular weight excluding hydrogens is 290 g/mol. The van der Waals surface area contributed by atoms with Crippen LogP contribution in [-0.2, 0) is 11.2 Å². The Kier molecular flexibility index (Phi) is 6.47. The molecule has 2 heterocycles. The highest BCUT2D eigenvalue weighted by Gasteiger charge is 2.02. The van der Waals surface area contributed by atoms with Crippen molar-refractivity contribution in [2.45, 2.75) is 33.1 Å². The smallest absolute Gasteiger partial charge is 0.223 e. The second-order valence-electron chi connectivity index (χ2n) is 5.46. The molecule has 0 aliphatic rings. The fourth-order valence-electron chi connectivity index (χ4n) is 2.24. The summed E-state index contributed by atoms with van der Waals surface area (Å²) >= 11 is 0. The van der Waals surface area contributed by atoms with Crippen molar-refractivity contribution in [3.05, 3.63) is 47.5 Å². The van der Waals surface area contributed by atoms with Crippen LogP contribution in [0.25, 0.3) is 0 Å². The largest absolute Gasteiger partial charge is 0.356 e. The SMILES string of the molecule is Cc1cc(C)nc(NCCCC(=O)NCCc2ccncc2)n1. The number of hydrogen-bond donors (Lipinski definition) is 2. The third-order valence-electron chi connectivity index (χ3n) is 3.33. The van der Waals surface area contributed by atoms with E-state index in [9.17, 15) is 4.79 Å². The first-order chi connectivity index (χ1) is 11.1. The van der Waals surface area contributed by atoms with Crippen LogP contribution >= 0.6 is 0 Å². The third kappa shape index (κ3) is 6.42. The standard InChI is InChI=1S/C17H23N5O/c1-13-12-14(2)22-17(21-13)20-8-3-4-16(23)19-11-7-15-5-9-18-10-6-15/h5-6,9-10,12H,3-4,7-8,11H2,1-2H3,(H,19,23)(H,20,21,22). The summed E-state index contributed by atoms with van der Waals surface area (Å²) in [5.41, 5.74) is 3.05. The summed E-state index contributed by atoms with van der Waals surface area (Å²) in [6, 6.07) is 5.85. The van der Waals surface area contributed by atoms with E-state index >= 15 is 0 Å². The number of nitrogens with one attached hydrogen (secondary N) is 2. The van der Waals surface area contributed by atoms with Gasteiger partial charge in [0.1, 0.15) is 0 Å². The highest BCUT2D eigenvalue weighted by atomic mass is 16.1. The average molecular weight is 313 g/mol. The zero-order valence-electron chi connectivity index (χ0n) is 13.7. The molecule has 2 N–H and O–H groups in total. The molecule has 2 rings (SSSR count). The molecule has 122 valence electrons. The summed E-state index contributed by atoms with van der Waals surface area (Å²) in [7, 11) is 0. The fourth-order valence-corrected chi connectivity index (χ4v) is 2.24. The van der Waals surface area contributed by atoms with Crippen molar-refractivity contribution in [2.75, 3.05) is 18.4 Å². The molecule has 0 atom stereocenters. The van der Waals surface area contributed by atoms with Crippen molar-refractivity contribution >= 4 is 11.9 Å². The minimum atomic E-state index is 0.0715. The first-order valence-electron chi connectivity index (χ1n) is 7.85. The Morgan fingerprint density at radius 2 is 1.78 bits per heavy atom. The highest BCUT2D eigenvalue weighted by molar-refractivity contribution is 5.75. The Hall–Kier alpha value is -2.50. The predicted octanol–water partition coefficient (Wildman–Crippen LogP) is 2.04. The lowest BCUT2D eigenvalue weighted by molar-refractivity contribution is -0.121. The number of pyridine rings is 1. The van der Waals surface area contributed by atoms with Crippen molar-refractivity contribution < 1.29 is 4.79 Å². The molecule has 0 aliphatic heterocycles. The first-order valence-corrected chi connectivity index (χ1v) is 7.85. The number of aromatic nitrogens is 3. The van der Waals surface area contributed by atoms with Crippen LogP contribution in [0.5, 0.6) is 0 Å². The summed E-state index contributed by atoms with van der Waals surface area (Å²) in [6.45, 7) is 5.21. The molecule has 6 nitrogen and oxygen atoms in total. The molecule has 0 unspecified atom stereocenters. The van der Waals surface area contributed by atoms with Gasteiger partial charge in [-0.15, -0.1) is 0 Å². The number of carbonyl (C=O) groups is 1. The molecule has 0 fully saturated rings. The van der Waals surface area contributed by atoms with Gasteiger partial charge in [-0.3, -0.25) is 9.78 Å². The molecule has 1 amide bonds. The van der Waals surface area contributed by atoms with Crippen LogP contribution in [0.1, 0.15) is 29.8 Å². The molecule has 6 heteroatoms. The van der Waals surface area contributed by atoms with E-state index < -0.39 is 0 Å². The van der Waals surface area contributed by atoms with Gasteiger partial charge in [-0.25, -0.2) is 9.97 Å². The van der Waals surface area contributed by atoms with Crippen LogP contribution < -0.4 is 10.6 Å². The summed E-state index contributed by atoms with van der Waals surface area (Å²) in [5, 5.41) is 6.08. The quantitative estimate of drug-likeness (QED) is 0.729. The Bertz CT molecular complexity index is 610. The summed E-state index contributed by atoms with van der Waals surface area (Å²) in [5.74, 6) is 0.697. The number of carbonyl (C=O) groups excluding carboxylic acids is 1. The zero-order chi connectivity index (χ0) is 16.5. The Labute approximate surface area is 136 Å². The van der Waals surface area contributed by atoms with Crippen LogP contribution in [0.4, 0.5) is 5.95 Å². The van der Waals surface area contributed by atoms with Crippen molar-refractivity contribution in [2.24, 2.45) is 0 Å². The summed E-state index contributed by atoms with van der Waals surface area (Å²) in [4.78, 5) is 24.4. The van der Waals surface area contributed by atoms with Gasteiger partial charge in [0.25, 0.3) is 0 Å². The minimum absolute atomic E-state index is 0.0715. The molecule has 0 spiro atoms. The van der Waals surface area contributed by atoms with Crippen LogP contribution in [-0.4, -0.2) is 33.9 Å². The van der Waals surface area contributed by atoms with E-state index in [1.807, 2.05) is 32.0 Å². The van der Waals surface area contributed by atoms with Crippen LogP contribution in [0.2, 0.25) is 0 Å². The van der Waals surface area contributed by atoms with Gasteiger partial charge in [0.05, 0.1) is 0 Å². The molecular formula is C17H23N5O. The van der Waals surface area contributed by atoms with E-state index in [4.69, 9.17) is 0 Å². The van der Waals surface area contributed by atoms with Crippen molar-refractivity contribution in [1.82, 2.24) is 20.3 Å². The Morgan fingerprint density at radius 1 is 1.09 bits per heavy atom. The molecule has 0 aliphatic carbocycles. The normalized spacial score (nSPS) is 10.3. The fraction of sp³-hybridized carbons (Fsp3) is 0.412.